The summed E-state index contributed by atoms with van der Waals surface area (Å²) in [5, 5.41) is 3.26. The molecule has 6 nitrogen and oxygen atoms in total. The smallest absolute Gasteiger partial charge is 0.261 e. The third kappa shape index (κ3) is 7.84. The van der Waals surface area contributed by atoms with E-state index in [2.05, 4.69) is 21.2 Å². The van der Waals surface area contributed by atoms with E-state index in [0.29, 0.717) is 17.9 Å². The second-order valence-electron chi connectivity index (χ2n) is 9.64. The Balaban J connectivity index is 1.62. The molecule has 0 aromatic heterocycles. The molecule has 0 saturated heterocycles. The van der Waals surface area contributed by atoms with Crippen LogP contribution in [0.25, 0.3) is 0 Å². The van der Waals surface area contributed by atoms with Crippen molar-refractivity contribution < 1.29 is 19.1 Å². The van der Waals surface area contributed by atoms with Crippen molar-refractivity contribution in [3.05, 3.63) is 94.5 Å². The molecular weight excluding hydrogens is 544 g/mol. The molecule has 38 heavy (non-hydrogen) atoms. The van der Waals surface area contributed by atoms with E-state index in [-0.39, 0.29) is 31.0 Å². The standard InChI is InChI=1S/C31H35BrN2O4/c1-37-28-17-8-9-18-29(28)38-22-30(35)34(21-24-13-10-14-25(32)19-24)27(20-23-11-4-2-5-12-23)31(36)33-26-15-6-3-7-16-26/h2,4-5,8-14,17-19,26-27H,3,6-7,15-16,20-22H2,1H3,(H,33,36)/t27-/m1/s1. The van der Waals surface area contributed by atoms with Gasteiger partial charge in [-0.2, -0.15) is 0 Å². The predicted molar refractivity (Wildman–Crippen MR) is 152 cm³/mol. The first-order valence-corrected chi connectivity index (χ1v) is 14.0. The number of halogens is 1. The SMILES string of the molecule is COc1ccccc1OCC(=O)N(Cc1cccc(Br)c1)[C@H](Cc1ccccc1)C(=O)NC1CCCCC1. The molecule has 1 fully saturated rings. The summed E-state index contributed by atoms with van der Waals surface area (Å²) in [5.41, 5.74) is 1.92. The topological polar surface area (TPSA) is 67.9 Å². The lowest BCUT2D eigenvalue weighted by molar-refractivity contribution is -0.143. The normalized spacial score (nSPS) is 14.4. The van der Waals surface area contributed by atoms with Crippen molar-refractivity contribution >= 4 is 27.7 Å². The lowest BCUT2D eigenvalue weighted by Crippen LogP contribution is -2.53. The van der Waals surface area contributed by atoms with Gasteiger partial charge < -0.3 is 19.7 Å². The van der Waals surface area contributed by atoms with Crippen LogP contribution in [0.15, 0.2) is 83.3 Å². The highest BCUT2D eigenvalue weighted by Crippen LogP contribution is 2.26. The molecular formula is C31H35BrN2O4. The van der Waals surface area contributed by atoms with Crippen LogP contribution in [0.4, 0.5) is 0 Å². The average Bonchev–Trinajstić information content (AvgIpc) is 2.95. The number of methoxy groups -OCH3 is 1. The molecule has 1 N–H and O–H groups in total. The van der Waals surface area contributed by atoms with Crippen LogP contribution in [-0.4, -0.2) is 42.5 Å². The lowest BCUT2D eigenvalue weighted by atomic mass is 9.94. The second kappa shape index (κ2) is 14.0. The van der Waals surface area contributed by atoms with Crippen molar-refractivity contribution in [1.82, 2.24) is 10.2 Å². The fourth-order valence-electron chi connectivity index (χ4n) is 4.89. The van der Waals surface area contributed by atoms with Crippen LogP contribution in [0.3, 0.4) is 0 Å². The van der Waals surface area contributed by atoms with Crippen LogP contribution in [0.5, 0.6) is 11.5 Å². The number of nitrogens with zero attached hydrogens (tertiary/aromatic N) is 1. The first kappa shape index (κ1) is 27.7. The van der Waals surface area contributed by atoms with Crippen molar-refractivity contribution in [2.24, 2.45) is 0 Å². The van der Waals surface area contributed by atoms with Gasteiger partial charge in [0.15, 0.2) is 18.1 Å². The summed E-state index contributed by atoms with van der Waals surface area (Å²) < 4.78 is 12.2. The Morgan fingerprint density at radius 1 is 0.921 bits per heavy atom. The molecule has 200 valence electrons. The molecule has 0 aliphatic heterocycles. The van der Waals surface area contributed by atoms with Crippen LogP contribution in [0.2, 0.25) is 0 Å². The van der Waals surface area contributed by atoms with Gasteiger partial charge in [0, 0.05) is 23.5 Å². The van der Waals surface area contributed by atoms with Crippen LogP contribution < -0.4 is 14.8 Å². The maximum absolute atomic E-state index is 13.8. The number of para-hydroxylation sites is 2. The van der Waals surface area contributed by atoms with Crippen molar-refractivity contribution in [3.63, 3.8) is 0 Å². The van der Waals surface area contributed by atoms with Crippen molar-refractivity contribution in [2.75, 3.05) is 13.7 Å². The molecule has 0 heterocycles. The molecule has 0 bridgehead atoms. The number of hydrogen-bond donors (Lipinski definition) is 1. The highest BCUT2D eigenvalue weighted by Gasteiger charge is 2.32. The highest BCUT2D eigenvalue weighted by atomic mass is 79.9. The van der Waals surface area contributed by atoms with Gasteiger partial charge in [0.05, 0.1) is 7.11 Å². The molecule has 1 aliphatic carbocycles. The van der Waals surface area contributed by atoms with Gasteiger partial charge in [0.25, 0.3) is 5.91 Å². The molecule has 2 amide bonds. The Morgan fingerprint density at radius 3 is 2.32 bits per heavy atom. The van der Waals surface area contributed by atoms with Gasteiger partial charge in [-0.15, -0.1) is 0 Å². The Labute approximate surface area is 233 Å². The summed E-state index contributed by atoms with van der Waals surface area (Å²) in [6.07, 6.45) is 5.78. The molecule has 1 atom stereocenters. The number of amides is 2. The summed E-state index contributed by atoms with van der Waals surface area (Å²) in [5.74, 6) is 0.642. The molecule has 0 radical (unpaired) electrons. The van der Waals surface area contributed by atoms with E-state index < -0.39 is 6.04 Å². The minimum absolute atomic E-state index is 0.124. The zero-order valence-electron chi connectivity index (χ0n) is 21.8. The Morgan fingerprint density at radius 2 is 1.61 bits per heavy atom. The zero-order chi connectivity index (χ0) is 26.7. The zero-order valence-corrected chi connectivity index (χ0v) is 23.4. The molecule has 1 saturated carbocycles. The Bertz CT molecular complexity index is 1200. The summed E-state index contributed by atoms with van der Waals surface area (Å²) in [4.78, 5) is 29.3. The summed E-state index contributed by atoms with van der Waals surface area (Å²) >= 11 is 3.53. The third-order valence-corrected chi connectivity index (χ3v) is 7.38. The summed E-state index contributed by atoms with van der Waals surface area (Å²) in [6, 6.07) is 24.3. The van der Waals surface area contributed by atoms with Gasteiger partial charge >= 0.3 is 0 Å². The van der Waals surface area contributed by atoms with Crippen LogP contribution in [-0.2, 0) is 22.6 Å². The van der Waals surface area contributed by atoms with E-state index in [1.807, 2.05) is 66.7 Å². The maximum atomic E-state index is 13.8. The number of carbonyl (C=O) groups excluding carboxylic acids is 2. The van der Waals surface area contributed by atoms with E-state index in [9.17, 15) is 9.59 Å². The highest BCUT2D eigenvalue weighted by molar-refractivity contribution is 9.10. The Hall–Kier alpha value is -3.32. The second-order valence-corrected chi connectivity index (χ2v) is 10.6. The number of carbonyl (C=O) groups is 2. The van der Waals surface area contributed by atoms with Gasteiger partial charge in [-0.25, -0.2) is 0 Å². The van der Waals surface area contributed by atoms with Gasteiger partial charge in [0.2, 0.25) is 5.91 Å². The Kier molecular flexibility index (Phi) is 10.2. The predicted octanol–water partition coefficient (Wildman–Crippen LogP) is 5.93. The van der Waals surface area contributed by atoms with Gasteiger partial charge in [-0.05, 0) is 48.2 Å². The van der Waals surface area contributed by atoms with E-state index >= 15 is 0 Å². The molecule has 3 aromatic carbocycles. The third-order valence-electron chi connectivity index (χ3n) is 6.88. The fourth-order valence-corrected chi connectivity index (χ4v) is 5.34. The van der Waals surface area contributed by atoms with Gasteiger partial charge in [-0.1, -0.05) is 89.8 Å². The largest absolute Gasteiger partial charge is 0.493 e. The van der Waals surface area contributed by atoms with Gasteiger partial charge in [-0.3, -0.25) is 9.59 Å². The van der Waals surface area contributed by atoms with Crippen molar-refractivity contribution in [1.29, 1.82) is 0 Å². The first-order valence-electron chi connectivity index (χ1n) is 13.2. The molecule has 0 unspecified atom stereocenters. The molecule has 4 rings (SSSR count). The van der Waals surface area contributed by atoms with Crippen LogP contribution in [0.1, 0.15) is 43.2 Å². The first-order chi connectivity index (χ1) is 18.5. The molecule has 1 aliphatic rings. The average molecular weight is 580 g/mol. The molecule has 3 aromatic rings. The molecule has 7 heteroatoms. The quantitative estimate of drug-likeness (QED) is 0.306. The van der Waals surface area contributed by atoms with Crippen molar-refractivity contribution in [2.45, 2.75) is 57.2 Å². The van der Waals surface area contributed by atoms with E-state index in [0.717, 1.165) is 41.3 Å². The van der Waals surface area contributed by atoms with E-state index in [1.54, 1.807) is 24.1 Å². The minimum atomic E-state index is -0.688. The van der Waals surface area contributed by atoms with Crippen LogP contribution in [0, 0.1) is 0 Å². The summed E-state index contributed by atoms with van der Waals surface area (Å²) in [7, 11) is 1.56. The van der Waals surface area contributed by atoms with Crippen molar-refractivity contribution in [3.8, 4) is 11.5 Å². The lowest BCUT2D eigenvalue weighted by Gasteiger charge is -2.33. The van der Waals surface area contributed by atoms with Crippen LogP contribution >= 0.6 is 15.9 Å². The monoisotopic (exact) mass is 578 g/mol. The number of rotatable bonds is 11. The van der Waals surface area contributed by atoms with E-state index in [1.165, 1.54) is 6.42 Å². The minimum Gasteiger partial charge on any atom is -0.493 e. The number of benzene rings is 3. The maximum Gasteiger partial charge on any atom is 0.261 e. The number of ether oxygens (including phenoxy) is 2. The van der Waals surface area contributed by atoms with Gasteiger partial charge in [0.1, 0.15) is 6.04 Å². The molecule has 0 spiro atoms. The summed E-state index contributed by atoms with van der Waals surface area (Å²) in [6.45, 7) is 0.0690. The van der Waals surface area contributed by atoms with E-state index in [4.69, 9.17) is 9.47 Å². The fraction of sp³-hybridized carbons (Fsp3) is 0.355. The number of hydrogen-bond acceptors (Lipinski definition) is 4. The number of nitrogens with one attached hydrogen (secondary N) is 1.